The predicted octanol–water partition coefficient (Wildman–Crippen LogP) is 1.02. The van der Waals surface area contributed by atoms with E-state index in [9.17, 15) is 21.6 Å². The maximum atomic E-state index is 12.7. The molecule has 0 aliphatic carbocycles. The Kier molecular flexibility index (Phi) is 6.57. The SMILES string of the molecule is COc1ccc(Cl)cc1/C=C/C(=O)N1CCN(S(=O)(=O)C2CCS(=O)(=O)C2)CC1. The number of rotatable bonds is 5. The van der Waals surface area contributed by atoms with Gasteiger partial charge in [-0.25, -0.2) is 16.8 Å². The summed E-state index contributed by atoms with van der Waals surface area (Å²) in [5, 5.41) is -0.365. The van der Waals surface area contributed by atoms with Gasteiger partial charge in [0.05, 0.1) is 23.9 Å². The molecule has 2 fully saturated rings. The number of hydrogen-bond donors (Lipinski definition) is 0. The number of benzene rings is 1. The Hall–Kier alpha value is -1.62. The van der Waals surface area contributed by atoms with Gasteiger partial charge in [0.15, 0.2) is 9.84 Å². The topological polar surface area (TPSA) is 101 Å². The lowest BCUT2D eigenvalue weighted by Crippen LogP contribution is -2.52. The maximum absolute atomic E-state index is 12.7. The van der Waals surface area contributed by atoms with Crippen molar-refractivity contribution >= 4 is 43.4 Å². The van der Waals surface area contributed by atoms with E-state index in [1.807, 2.05) is 0 Å². The van der Waals surface area contributed by atoms with Crippen molar-refractivity contribution < 1.29 is 26.4 Å². The lowest BCUT2D eigenvalue weighted by atomic mass is 10.2. The molecule has 2 heterocycles. The van der Waals surface area contributed by atoms with Gasteiger partial charge in [-0.05, 0) is 30.7 Å². The van der Waals surface area contributed by atoms with Crippen molar-refractivity contribution in [3.05, 3.63) is 34.9 Å². The minimum Gasteiger partial charge on any atom is -0.496 e. The molecule has 1 unspecified atom stereocenters. The average molecular weight is 463 g/mol. The third kappa shape index (κ3) is 5.11. The van der Waals surface area contributed by atoms with Crippen LogP contribution >= 0.6 is 11.6 Å². The van der Waals surface area contributed by atoms with E-state index in [4.69, 9.17) is 16.3 Å². The summed E-state index contributed by atoms with van der Waals surface area (Å²) in [6, 6.07) is 5.08. The van der Waals surface area contributed by atoms with Crippen LogP contribution in [0.15, 0.2) is 24.3 Å². The molecule has 2 aliphatic heterocycles. The van der Waals surface area contributed by atoms with Gasteiger partial charge in [0.25, 0.3) is 0 Å². The fourth-order valence-electron chi connectivity index (χ4n) is 3.47. The van der Waals surface area contributed by atoms with Gasteiger partial charge in [-0.1, -0.05) is 11.6 Å². The first-order valence-electron chi connectivity index (χ1n) is 9.12. The van der Waals surface area contributed by atoms with Crippen molar-refractivity contribution in [2.24, 2.45) is 0 Å². The van der Waals surface area contributed by atoms with E-state index in [2.05, 4.69) is 0 Å². The lowest BCUT2D eigenvalue weighted by Gasteiger charge is -2.34. The van der Waals surface area contributed by atoms with Gasteiger partial charge < -0.3 is 9.64 Å². The van der Waals surface area contributed by atoms with Gasteiger partial charge in [-0.2, -0.15) is 4.31 Å². The fourth-order valence-corrected chi connectivity index (χ4v) is 8.16. The van der Waals surface area contributed by atoms with Crippen LogP contribution in [-0.2, 0) is 24.7 Å². The van der Waals surface area contributed by atoms with Crippen LogP contribution in [0.1, 0.15) is 12.0 Å². The van der Waals surface area contributed by atoms with E-state index < -0.39 is 25.1 Å². The van der Waals surface area contributed by atoms with Crippen molar-refractivity contribution in [3.63, 3.8) is 0 Å². The van der Waals surface area contributed by atoms with Gasteiger partial charge in [0.1, 0.15) is 5.75 Å². The van der Waals surface area contributed by atoms with Crippen LogP contribution in [-0.4, -0.2) is 82.0 Å². The molecule has 0 N–H and O–H groups in total. The normalized spacial score (nSPS) is 22.8. The highest BCUT2D eigenvalue weighted by Crippen LogP contribution is 2.25. The van der Waals surface area contributed by atoms with Gasteiger partial charge in [0, 0.05) is 42.8 Å². The summed E-state index contributed by atoms with van der Waals surface area (Å²) in [7, 11) is -5.44. The number of methoxy groups -OCH3 is 1. The molecular formula is C18H23ClN2O6S2. The van der Waals surface area contributed by atoms with E-state index in [0.717, 1.165) is 0 Å². The van der Waals surface area contributed by atoms with Crippen molar-refractivity contribution in [1.29, 1.82) is 0 Å². The first-order chi connectivity index (χ1) is 13.6. The Balaban J connectivity index is 1.61. The summed E-state index contributed by atoms with van der Waals surface area (Å²) in [6.45, 7) is 0.793. The number of sulfonamides is 1. The first kappa shape index (κ1) is 22.1. The summed E-state index contributed by atoms with van der Waals surface area (Å²) < 4.78 is 55.1. The Labute approximate surface area is 176 Å². The molecule has 0 saturated carbocycles. The molecule has 0 radical (unpaired) electrons. The number of sulfone groups is 1. The van der Waals surface area contributed by atoms with Crippen LogP contribution < -0.4 is 4.74 Å². The monoisotopic (exact) mass is 462 g/mol. The van der Waals surface area contributed by atoms with Gasteiger partial charge >= 0.3 is 0 Å². The molecule has 160 valence electrons. The minimum absolute atomic E-state index is 0.0902. The third-order valence-corrected chi connectivity index (χ3v) is 9.66. The fraction of sp³-hybridized carbons (Fsp3) is 0.500. The number of piperazine rings is 1. The molecule has 1 amide bonds. The van der Waals surface area contributed by atoms with Crippen molar-refractivity contribution in [1.82, 2.24) is 9.21 Å². The Morgan fingerprint density at radius 2 is 1.93 bits per heavy atom. The van der Waals surface area contributed by atoms with E-state index in [1.165, 1.54) is 17.5 Å². The van der Waals surface area contributed by atoms with Gasteiger partial charge in [-0.3, -0.25) is 4.79 Å². The molecule has 3 rings (SSSR count). The Morgan fingerprint density at radius 1 is 1.24 bits per heavy atom. The number of halogens is 1. The second-order valence-corrected chi connectivity index (χ2v) is 11.9. The lowest BCUT2D eigenvalue weighted by molar-refractivity contribution is -0.127. The second kappa shape index (κ2) is 8.63. The molecule has 1 aromatic rings. The quantitative estimate of drug-likeness (QED) is 0.605. The highest BCUT2D eigenvalue weighted by atomic mass is 35.5. The van der Waals surface area contributed by atoms with Crippen LogP contribution in [0.5, 0.6) is 5.75 Å². The van der Waals surface area contributed by atoms with E-state index in [1.54, 1.807) is 29.2 Å². The van der Waals surface area contributed by atoms with Crippen LogP contribution in [0.4, 0.5) is 0 Å². The smallest absolute Gasteiger partial charge is 0.246 e. The van der Waals surface area contributed by atoms with Crippen molar-refractivity contribution in [2.45, 2.75) is 11.7 Å². The molecule has 1 atom stereocenters. The highest BCUT2D eigenvalue weighted by Gasteiger charge is 2.41. The molecule has 29 heavy (non-hydrogen) atoms. The molecule has 0 spiro atoms. The zero-order valence-electron chi connectivity index (χ0n) is 16.0. The molecular weight excluding hydrogens is 440 g/mol. The summed E-state index contributed by atoms with van der Waals surface area (Å²) in [5.74, 6) is -0.0698. The summed E-state index contributed by atoms with van der Waals surface area (Å²) in [4.78, 5) is 14.0. The number of hydrogen-bond acceptors (Lipinski definition) is 6. The van der Waals surface area contributed by atoms with Crippen LogP contribution in [0, 0.1) is 0 Å². The molecule has 0 bridgehead atoms. The minimum atomic E-state index is -3.68. The van der Waals surface area contributed by atoms with Gasteiger partial charge in [0.2, 0.25) is 15.9 Å². The van der Waals surface area contributed by atoms with E-state index in [0.29, 0.717) is 16.3 Å². The van der Waals surface area contributed by atoms with Crippen molar-refractivity contribution in [3.8, 4) is 5.75 Å². The third-order valence-electron chi connectivity index (χ3n) is 5.12. The molecule has 1 aromatic carbocycles. The number of amides is 1. The Morgan fingerprint density at radius 3 is 2.52 bits per heavy atom. The zero-order chi connectivity index (χ0) is 21.2. The van der Waals surface area contributed by atoms with Crippen LogP contribution in [0.2, 0.25) is 5.02 Å². The largest absolute Gasteiger partial charge is 0.496 e. The molecule has 2 aliphatic rings. The molecule has 2 saturated heterocycles. The zero-order valence-corrected chi connectivity index (χ0v) is 18.3. The second-order valence-electron chi connectivity index (χ2n) is 7.01. The van der Waals surface area contributed by atoms with Gasteiger partial charge in [-0.15, -0.1) is 0 Å². The van der Waals surface area contributed by atoms with Crippen molar-refractivity contribution in [2.75, 3.05) is 44.8 Å². The van der Waals surface area contributed by atoms with Crippen LogP contribution in [0.3, 0.4) is 0 Å². The number of carbonyl (C=O) groups excluding carboxylic acids is 1. The van der Waals surface area contributed by atoms with E-state index in [-0.39, 0.29) is 50.0 Å². The maximum Gasteiger partial charge on any atom is 0.246 e. The summed E-state index contributed by atoms with van der Waals surface area (Å²) >= 11 is 5.98. The number of carbonyl (C=O) groups is 1. The highest BCUT2D eigenvalue weighted by molar-refractivity contribution is 7.95. The van der Waals surface area contributed by atoms with E-state index >= 15 is 0 Å². The summed E-state index contributed by atoms with van der Waals surface area (Å²) in [6.07, 6.45) is 3.15. The number of ether oxygens (including phenoxy) is 1. The summed E-state index contributed by atoms with van der Waals surface area (Å²) in [5.41, 5.74) is 0.664. The first-order valence-corrected chi connectivity index (χ1v) is 12.8. The molecule has 0 aromatic heterocycles. The van der Waals surface area contributed by atoms with Crippen LogP contribution in [0.25, 0.3) is 6.08 Å². The molecule has 11 heteroatoms. The molecule has 8 nitrogen and oxygen atoms in total. The number of nitrogens with zero attached hydrogens (tertiary/aromatic N) is 2. The predicted molar refractivity (Wildman–Crippen MR) is 111 cm³/mol. The average Bonchev–Trinajstić information content (AvgIpc) is 3.07. The Bertz CT molecular complexity index is 1010. The standard InChI is InChI=1S/C18H23ClN2O6S2/c1-27-17-4-3-15(19)12-14(17)2-5-18(22)20-7-9-21(10-8-20)29(25,26)16-6-11-28(23,24)13-16/h2-5,12,16H,6-11,13H2,1H3/b5-2+.